The second-order valence-electron chi connectivity index (χ2n) is 3.17. The molecule has 0 rings (SSSR count). The van der Waals surface area contributed by atoms with Gasteiger partial charge in [0.2, 0.25) is 5.91 Å². The molecule has 0 heterocycles. The summed E-state index contributed by atoms with van der Waals surface area (Å²) in [5.74, 6) is 1.66. The highest BCUT2D eigenvalue weighted by molar-refractivity contribution is 8.00. The van der Waals surface area contributed by atoms with Gasteiger partial charge in [-0.3, -0.25) is 9.59 Å². The maximum atomic E-state index is 11.3. The number of nitrogens with two attached hydrogens (primary N) is 1. The molecule has 5 nitrogen and oxygen atoms in total. The van der Waals surface area contributed by atoms with Crippen LogP contribution < -0.4 is 11.1 Å². The van der Waals surface area contributed by atoms with Gasteiger partial charge in [-0.1, -0.05) is 5.92 Å². The molecule has 0 saturated heterocycles. The van der Waals surface area contributed by atoms with Gasteiger partial charge >= 0.3 is 5.97 Å². The number of nitrogens with one attached hydrogen (secondary N) is 1. The molecular weight excluding hydrogens is 228 g/mol. The van der Waals surface area contributed by atoms with Crippen LogP contribution in [-0.4, -0.2) is 40.6 Å². The highest BCUT2D eigenvalue weighted by Gasteiger charge is 2.15. The minimum absolute atomic E-state index is 0.146. The van der Waals surface area contributed by atoms with Crippen molar-refractivity contribution in [3.8, 4) is 12.3 Å². The molecule has 0 radical (unpaired) electrons. The van der Waals surface area contributed by atoms with Crippen molar-refractivity contribution in [3.63, 3.8) is 0 Å². The molecular formula is C10H16N2O3S. The molecule has 0 aromatic rings. The van der Waals surface area contributed by atoms with Crippen LogP contribution >= 0.6 is 11.8 Å². The fourth-order valence-electron chi connectivity index (χ4n) is 0.853. The number of amides is 1. The average Bonchev–Trinajstić information content (AvgIpc) is 2.25. The minimum Gasteiger partial charge on any atom is -0.480 e. The Morgan fingerprint density at radius 3 is 2.75 bits per heavy atom. The Balaban J connectivity index is 3.73. The topological polar surface area (TPSA) is 92.4 Å². The van der Waals surface area contributed by atoms with Gasteiger partial charge in [-0.15, -0.1) is 18.2 Å². The molecule has 0 bridgehead atoms. The largest absolute Gasteiger partial charge is 0.480 e. The summed E-state index contributed by atoms with van der Waals surface area (Å²) in [6.07, 6.45) is 5.34. The Bertz CT molecular complexity index is 288. The summed E-state index contributed by atoms with van der Waals surface area (Å²) in [6.45, 7) is 1.95. The average molecular weight is 244 g/mol. The van der Waals surface area contributed by atoms with Gasteiger partial charge in [0.15, 0.2) is 0 Å². The number of rotatable bonds is 7. The van der Waals surface area contributed by atoms with Gasteiger partial charge in [0, 0.05) is 0 Å². The SMILES string of the molecule is C#CCNC(=O)C(C)SCCC(N)C(=O)O. The molecule has 90 valence electrons. The van der Waals surface area contributed by atoms with E-state index in [0.29, 0.717) is 12.2 Å². The van der Waals surface area contributed by atoms with Crippen molar-refractivity contribution in [2.24, 2.45) is 5.73 Å². The van der Waals surface area contributed by atoms with Crippen molar-refractivity contribution in [1.82, 2.24) is 5.32 Å². The number of terminal acetylenes is 1. The fourth-order valence-corrected chi connectivity index (χ4v) is 1.83. The van der Waals surface area contributed by atoms with Crippen molar-refractivity contribution in [3.05, 3.63) is 0 Å². The van der Waals surface area contributed by atoms with Crippen LogP contribution in [0.2, 0.25) is 0 Å². The Kier molecular flexibility index (Phi) is 7.42. The first-order chi connectivity index (χ1) is 7.49. The van der Waals surface area contributed by atoms with Crippen LogP contribution in [0.5, 0.6) is 0 Å². The highest BCUT2D eigenvalue weighted by Crippen LogP contribution is 2.12. The van der Waals surface area contributed by atoms with E-state index in [1.807, 2.05) is 0 Å². The number of carboxylic acid groups (broad SMARTS) is 1. The maximum absolute atomic E-state index is 11.3. The predicted octanol–water partition coefficient (Wildman–Crippen LogP) is -0.340. The van der Waals surface area contributed by atoms with Crippen molar-refractivity contribution in [2.75, 3.05) is 12.3 Å². The number of hydrogen-bond donors (Lipinski definition) is 3. The van der Waals surface area contributed by atoms with Crippen molar-refractivity contribution < 1.29 is 14.7 Å². The second-order valence-corrected chi connectivity index (χ2v) is 4.62. The molecule has 2 atom stereocenters. The van der Waals surface area contributed by atoms with Crippen LogP contribution in [-0.2, 0) is 9.59 Å². The van der Waals surface area contributed by atoms with Gasteiger partial charge in [0.05, 0.1) is 11.8 Å². The first-order valence-corrected chi connectivity index (χ1v) is 5.85. The molecule has 0 aromatic heterocycles. The molecule has 1 amide bonds. The Morgan fingerprint density at radius 1 is 1.62 bits per heavy atom. The number of carbonyl (C=O) groups is 2. The molecule has 6 heteroatoms. The zero-order chi connectivity index (χ0) is 12.6. The molecule has 16 heavy (non-hydrogen) atoms. The number of hydrogen-bond acceptors (Lipinski definition) is 4. The van der Waals surface area contributed by atoms with E-state index in [4.69, 9.17) is 17.3 Å². The Morgan fingerprint density at radius 2 is 2.25 bits per heavy atom. The Labute approximate surface area is 99.2 Å². The third-order valence-corrected chi connectivity index (χ3v) is 3.03. The first kappa shape index (κ1) is 14.8. The quantitative estimate of drug-likeness (QED) is 0.533. The summed E-state index contributed by atoms with van der Waals surface area (Å²) in [7, 11) is 0. The van der Waals surface area contributed by atoms with Crippen LogP contribution in [0.25, 0.3) is 0 Å². The number of thioether (sulfide) groups is 1. The van der Waals surface area contributed by atoms with Gasteiger partial charge in [-0.25, -0.2) is 0 Å². The van der Waals surface area contributed by atoms with Crippen molar-refractivity contribution >= 4 is 23.6 Å². The maximum Gasteiger partial charge on any atom is 0.320 e. The summed E-state index contributed by atoms with van der Waals surface area (Å²) in [6, 6.07) is -0.867. The summed E-state index contributed by atoms with van der Waals surface area (Å²) in [5, 5.41) is 10.8. The molecule has 4 N–H and O–H groups in total. The minimum atomic E-state index is -1.02. The zero-order valence-corrected chi connectivity index (χ0v) is 9.92. The lowest BCUT2D eigenvalue weighted by Crippen LogP contribution is -2.33. The summed E-state index contributed by atoms with van der Waals surface area (Å²) < 4.78 is 0. The van der Waals surface area contributed by atoms with E-state index in [-0.39, 0.29) is 17.7 Å². The van der Waals surface area contributed by atoms with E-state index in [2.05, 4.69) is 11.2 Å². The fraction of sp³-hybridized carbons (Fsp3) is 0.600. The monoisotopic (exact) mass is 244 g/mol. The standard InChI is InChI=1S/C10H16N2O3S/c1-3-5-12-9(13)7(2)16-6-4-8(11)10(14)15/h1,7-8H,4-6,11H2,2H3,(H,12,13)(H,14,15). The molecule has 0 saturated carbocycles. The molecule has 0 aliphatic carbocycles. The lowest BCUT2D eigenvalue weighted by Gasteiger charge is -2.11. The van der Waals surface area contributed by atoms with Crippen LogP contribution in [0.1, 0.15) is 13.3 Å². The van der Waals surface area contributed by atoms with Crippen molar-refractivity contribution in [1.29, 1.82) is 0 Å². The van der Waals surface area contributed by atoms with E-state index >= 15 is 0 Å². The molecule has 0 aliphatic heterocycles. The summed E-state index contributed by atoms with van der Waals surface area (Å²) >= 11 is 1.36. The van der Waals surface area contributed by atoms with E-state index in [9.17, 15) is 9.59 Å². The van der Waals surface area contributed by atoms with Crippen LogP contribution in [0, 0.1) is 12.3 Å². The van der Waals surface area contributed by atoms with E-state index in [1.54, 1.807) is 6.92 Å². The third kappa shape index (κ3) is 6.32. The molecule has 2 unspecified atom stereocenters. The summed E-state index contributed by atoms with van der Waals surface area (Å²) in [4.78, 5) is 21.8. The van der Waals surface area contributed by atoms with Gasteiger partial charge in [0.25, 0.3) is 0 Å². The summed E-state index contributed by atoms with van der Waals surface area (Å²) in [5.41, 5.74) is 5.32. The van der Waals surface area contributed by atoms with Gasteiger partial charge in [-0.2, -0.15) is 0 Å². The van der Waals surface area contributed by atoms with E-state index in [1.165, 1.54) is 11.8 Å². The van der Waals surface area contributed by atoms with E-state index < -0.39 is 12.0 Å². The number of aliphatic carboxylic acids is 1. The Hall–Kier alpha value is -1.19. The van der Waals surface area contributed by atoms with E-state index in [0.717, 1.165) is 0 Å². The molecule has 0 aromatic carbocycles. The van der Waals surface area contributed by atoms with Crippen LogP contribution in [0.4, 0.5) is 0 Å². The van der Waals surface area contributed by atoms with Gasteiger partial charge in [-0.05, 0) is 19.1 Å². The zero-order valence-electron chi connectivity index (χ0n) is 9.10. The molecule has 0 spiro atoms. The van der Waals surface area contributed by atoms with Gasteiger partial charge in [0.1, 0.15) is 6.04 Å². The molecule has 0 aliphatic rings. The first-order valence-electron chi connectivity index (χ1n) is 4.80. The van der Waals surface area contributed by atoms with Crippen LogP contribution in [0.15, 0.2) is 0 Å². The second kappa shape index (κ2) is 8.02. The highest BCUT2D eigenvalue weighted by atomic mass is 32.2. The number of carboxylic acids is 1. The van der Waals surface area contributed by atoms with Gasteiger partial charge < -0.3 is 16.2 Å². The number of carbonyl (C=O) groups excluding carboxylic acids is 1. The molecule has 0 fully saturated rings. The lowest BCUT2D eigenvalue weighted by molar-refractivity contribution is -0.138. The third-order valence-electron chi connectivity index (χ3n) is 1.85. The lowest BCUT2D eigenvalue weighted by atomic mass is 10.2. The normalized spacial score (nSPS) is 13.6. The van der Waals surface area contributed by atoms with Crippen molar-refractivity contribution in [2.45, 2.75) is 24.6 Å². The van der Waals surface area contributed by atoms with Crippen LogP contribution in [0.3, 0.4) is 0 Å². The smallest absolute Gasteiger partial charge is 0.320 e. The predicted molar refractivity (Wildman–Crippen MR) is 64.0 cm³/mol.